The van der Waals surface area contributed by atoms with E-state index in [2.05, 4.69) is 71.5 Å². The van der Waals surface area contributed by atoms with Crippen LogP contribution in [0.15, 0.2) is 48.5 Å². The number of aromatic nitrogens is 6. The average molecular weight is 935 g/mol. The second-order valence-electron chi connectivity index (χ2n) is 15.7. The van der Waals surface area contributed by atoms with Gasteiger partial charge in [-0.1, -0.05) is 53.7 Å². The molecule has 3 unspecified atom stereocenters. The van der Waals surface area contributed by atoms with Gasteiger partial charge in [-0.15, -0.1) is 0 Å². The first kappa shape index (κ1) is 53.0. The molecular formula is C52H62N12O5. The van der Waals surface area contributed by atoms with Crippen LogP contribution in [-0.2, 0) is 0 Å². The molecule has 0 aliphatic carbocycles. The Labute approximate surface area is 405 Å². The molecule has 17 heteroatoms. The van der Waals surface area contributed by atoms with Crippen molar-refractivity contribution in [3.8, 4) is 64.3 Å². The molecule has 3 heterocycles. The highest BCUT2D eigenvalue weighted by atomic mass is 16.5. The molecule has 0 fully saturated rings. The van der Waals surface area contributed by atoms with Gasteiger partial charge in [0.1, 0.15) is 29.0 Å². The van der Waals surface area contributed by atoms with Crippen LogP contribution >= 0.6 is 0 Å². The lowest BCUT2D eigenvalue weighted by Gasteiger charge is -2.15. The first-order valence-electron chi connectivity index (χ1n) is 21.6. The van der Waals surface area contributed by atoms with E-state index in [0.717, 1.165) is 39.3 Å². The number of rotatable bonds is 8. The summed E-state index contributed by atoms with van der Waals surface area (Å²) < 4.78 is 26.7. The van der Waals surface area contributed by atoms with Gasteiger partial charge in [0.25, 0.3) is 0 Å². The summed E-state index contributed by atoms with van der Waals surface area (Å²) in [6.45, 7) is 15.5. The van der Waals surface area contributed by atoms with Crippen molar-refractivity contribution in [2.75, 3.05) is 70.0 Å². The van der Waals surface area contributed by atoms with E-state index >= 15 is 0 Å². The van der Waals surface area contributed by atoms with Crippen molar-refractivity contribution in [2.24, 2.45) is 0 Å². The third-order valence-corrected chi connectivity index (χ3v) is 10.6. The fourth-order valence-electron chi connectivity index (χ4n) is 6.71. The number of benzene rings is 3. The minimum absolute atomic E-state index is 0.0325. The Morgan fingerprint density at radius 1 is 0.420 bits per heavy atom. The molecule has 6 aromatic rings. The van der Waals surface area contributed by atoms with Crippen molar-refractivity contribution < 1.29 is 23.7 Å². The van der Waals surface area contributed by atoms with E-state index in [1.807, 2.05) is 90.9 Å². The quantitative estimate of drug-likeness (QED) is 0.0840. The molecule has 0 aliphatic heterocycles. The van der Waals surface area contributed by atoms with Gasteiger partial charge in [-0.05, 0) is 114 Å². The van der Waals surface area contributed by atoms with Crippen LogP contribution in [0.4, 0.5) is 35.3 Å². The van der Waals surface area contributed by atoms with E-state index in [1.165, 1.54) is 0 Å². The maximum absolute atomic E-state index is 5.89. The summed E-state index contributed by atoms with van der Waals surface area (Å²) in [5.41, 5.74) is 43.5. The standard InChI is InChI=1S/C18H22N4O3.2C17H20N4O/c1-10(6-7-13-11(2)21-18(20)22-17(13)19)12-8-14(23-3)16(25-5)15(9-12)24-4;1-10(13-7-5-11(2)15(9-13)22-4)6-8-14-12(3)20-17(19)21-16(14)18;1-10-7-13(9-14(8-10)22-4)11(2)5-6-15-12(3)20-17(19)21-16(15)18/h8-10H,1-5H3,(H4,19,20,21,22);5,7,9-10H,1-4H3,(H4,18,19,20,21);7-9,11H,1-4H3,(H4,18,19,20,21). The topological polar surface area (TPSA) is 280 Å². The molecule has 0 saturated carbocycles. The van der Waals surface area contributed by atoms with Crippen molar-refractivity contribution in [1.82, 2.24) is 29.9 Å². The SMILES string of the molecule is COc1cc(C(C)C#Cc2c(C)nc(N)nc2N)cc(OC)c1OC.COc1cc(C(C)C#Cc2c(C)nc(N)nc2N)ccc1C.COc1cc(C)cc(C(C)C#Cc2c(C)nc(N)nc2N)c1. The number of hydrogen-bond donors (Lipinski definition) is 6. The lowest BCUT2D eigenvalue weighted by molar-refractivity contribution is 0.323. The van der Waals surface area contributed by atoms with Crippen molar-refractivity contribution >= 4 is 35.3 Å². The van der Waals surface area contributed by atoms with Gasteiger partial charge in [0.05, 0.1) is 69.3 Å². The summed E-state index contributed by atoms with van der Waals surface area (Å²) in [7, 11) is 8.04. The van der Waals surface area contributed by atoms with Gasteiger partial charge >= 0.3 is 0 Å². The number of aryl methyl sites for hydroxylation is 5. The Balaban J connectivity index is 0.000000226. The van der Waals surface area contributed by atoms with Crippen molar-refractivity contribution in [3.05, 3.63) is 110 Å². The van der Waals surface area contributed by atoms with Crippen LogP contribution in [0.2, 0.25) is 0 Å². The zero-order valence-electron chi connectivity index (χ0n) is 41.5. The summed E-state index contributed by atoms with van der Waals surface area (Å²) in [6, 6.07) is 15.9. The number of nitrogens with two attached hydrogens (primary N) is 6. The highest BCUT2D eigenvalue weighted by Gasteiger charge is 2.16. The number of methoxy groups -OCH3 is 5. The van der Waals surface area contributed by atoms with Gasteiger partial charge < -0.3 is 58.1 Å². The van der Waals surface area contributed by atoms with Gasteiger partial charge in [-0.2, -0.15) is 15.0 Å². The maximum atomic E-state index is 5.89. The van der Waals surface area contributed by atoms with Gasteiger partial charge in [-0.3, -0.25) is 0 Å². The summed E-state index contributed by atoms with van der Waals surface area (Å²) in [5.74, 6) is 23.4. The van der Waals surface area contributed by atoms with Crippen LogP contribution in [0.1, 0.15) is 100 Å². The number of nitrogen functional groups attached to an aromatic ring is 6. The lowest BCUT2D eigenvalue weighted by Crippen LogP contribution is -2.05. The Hall–Kier alpha value is -8.62. The van der Waals surface area contributed by atoms with E-state index in [1.54, 1.807) is 42.5 Å². The van der Waals surface area contributed by atoms with Crippen molar-refractivity contribution in [2.45, 2.75) is 73.1 Å². The first-order chi connectivity index (χ1) is 32.7. The minimum Gasteiger partial charge on any atom is -0.497 e. The van der Waals surface area contributed by atoms with Gasteiger partial charge in [0.2, 0.25) is 23.6 Å². The third kappa shape index (κ3) is 14.2. The number of ether oxygens (including phenoxy) is 5. The maximum Gasteiger partial charge on any atom is 0.222 e. The van der Waals surface area contributed by atoms with E-state index < -0.39 is 0 Å². The molecular weight excluding hydrogens is 873 g/mol. The monoisotopic (exact) mass is 934 g/mol. The lowest BCUT2D eigenvalue weighted by atomic mass is 9.99. The van der Waals surface area contributed by atoms with E-state index in [-0.39, 0.29) is 41.4 Å². The Bertz CT molecular complexity index is 2900. The highest BCUT2D eigenvalue weighted by molar-refractivity contribution is 5.59. The molecule has 12 N–H and O–H groups in total. The number of hydrogen-bond acceptors (Lipinski definition) is 17. The smallest absolute Gasteiger partial charge is 0.222 e. The fraction of sp³-hybridized carbons (Fsp3) is 0.308. The molecule has 0 aliphatic rings. The van der Waals surface area contributed by atoms with Crippen LogP contribution in [0.3, 0.4) is 0 Å². The number of nitrogens with zero attached hydrogens (tertiary/aromatic N) is 6. The molecule has 360 valence electrons. The Kier molecular flexibility index (Phi) is 18.6. The normalized spacial score (nSPS) is 11.4. The van der Waals surface area contributed by atoms with Gasteiger partial charge in [-0.25, -0.2) is 15.0 Å². The summed E-state index contributed by atoms with van der Waals surface area (Å²) in [4.78, 5) is 24.1. The first-order valence-corrected chi connectivity index (χ1v) is 21.6. The molecule has 6 rings (SSSR count). The second-order valence-corrected chi connectivity index (χ2v) is 15.7. The molecule has 0 saturated heterocycles. The molecule has 0 radical (unpaired) electrons. The molecule has 69 heavy (non-hydrogen) atoms. The molecule has 3 atom stereocenters. The fourth-order valence-corrected chi connectivity index (χ4v) is 6.71. The predicted molar refractivity (Wildman–Crippen MR) is 274 cm³/mol. The molecule has 17 nitrogen and oxygen atoms in total. The minimum atomic E-state index is -0.106. The molecule has 3 aromatic carbocycles. The summed E-state index contributed by atoms with van der Waals surface area (Å²) >= 11 is 0. The molecule has 0 bridgehead atoms. The zero-order valence-corrected chi connectivity index (χ0v) is 41.5. The third-order valence-electron chi connectivity index (χ3n) is 10.6. The average Bonchev–Trinajstić information content (AvgIpc) is 3.30. The van der Waals surface area contributed by atoms with Crippen LogP contribution in [0.5, 0.6) is 28.7 Å². The van der Waals surface area contributed by atoms with Crippen LogP contribution in [0.25, 0.3) is 0 Å². The predicted octanol–water partition coefficient (Wildman–Crippen LogP) is 6.97. The van der Waals surface area contributed by atoms with E-state index in [9.17, 15) is 0 Å². The van der Waals surface area contributed by atoms with Crippen molar-refractivity contribution in [3.63, 3.8) is 0 Å². The van der Waals surface area contributed by atoms with E-state index in [0.29, 0.717) is 62.7 Å². The zero-order chi connectivity index (χ0) is 51.1. The second kappa shape index (κ2) is 24.2. The number of anilines is 6. The van der Waals surface area contributed by atoms with E-state index in [4.69, 9.17) is 58.1 Å². The largest absolute Gasteiger partial charge is 0.497 e. The molecule has 0 amide bonds. The van der Waals surface area contributed by atoms with Crippen LogP contribution in [-0.4, -0.2) is 65.5 Å². The molecule has 3 aromatic heterocycles. The van der Waals surface area contributed by atoms with Crippen LogP contribution in [0, 0.1) is 70.1 Å². The Morgan fingerprint density at radius 3 is 1.16 bits per heavy atom. The molecule has 0 spiro atoms. The summed E-state index contributed by atoms with van der Waals surface area (Å²) in [6.07, 6.45) is 0. The highest BCUT2D eigenvalue weighted by Crippen LogP contribution is 2.40. The Morgan fingerprint density at radius 2 is 0.797 bits per heavy atom. The van der Waals surface area contributed by atoms with Crippen molar-refractivity contribution in [1.29, 1.82) is 0 Å². The summed E-state index contributed by atoms with van der Waals surface area (Å²) in [5, 5.41) is 0. The van der Waals surface area contributed by atoms with Crippen LogP contribution < -0.4 is 58.1 Å². The van der Waals surface area contributed by atoms with Gasteiger partial charge in [0, 0.05) is 17.8 Å². The van der Waals surface area contributed by atoms with Gasteiger partial charge in [0.15, 0.2) is 11.5 Å².